The minimum Gasteiger partial charge on any atom is -0.378 e. The van der Waals surface area contributed by atoms with Crippen LogP contribution in [0.5, 0.6) is 0 Å². The maximum atomic E-state index is 13.6. The molecule has 0 fully saturated rings. The van der Waals surface area contributed by atoms with Gasteiger partial charge < -0.3 is 15.5 Å². The van der Waals surface area contributed by atoms with E-state index in [-0.39, 0.29) is 28.4 Å². The number of hydrogen-bond acceptors (Lipinski definition) is 4. The molecule has 0 saturated heterocycles. The van der Waals surface area contributed by atoms with Crippen molar-refractivity contribution in [3.05, 3.63) is 95.2 Å². The number of benzene rings is 2. The highest BCUT2D eigenvalue weighted by molar-refractivity contribution is 8.24. The first-order valence-corrected chi connectivity index (χ1v) is 11.2. The van der Waals surface area contributed by atoms with Crippen molar-refractivity contribution in [2.45, 2.75) is 12.3 Å². The average Bonchev–Trinajstić information content (AvgIpc) is 3.23. The minimum absolute atomic E-state index is 0.0360. The van der Waals surface area contributed by atoms with Crippen LogP contribution in [-0.4, -0.2) is 26.0 Å². The molecule has 2 heterocycles. The molecule has 1 amide bonds. The van der Waals surface area contributed by atoms with Gasteiger partial charge in [0.2, 0.25) is 5.91 Å². The van der Waals surface area contributed by atoms with Crippen LogP contribution in [0, 0.1) is 11.2 Å². The first-order valence-electron chi connectivity index (χ1n) is 9.96. The maximum absolute atomic E-state index is 13.6. The van der Waals surface area contributed by atoms with E-state index in [9.17, 15) is 9.18 Å². The Morgan fingerprint density at radius 3 is 2.73 bits per heavy atom. The van der Waals surface area contributed by atoms with Gasteiger partial charge in [0.15, 0.2) is 5.17 Å². The quantitative estimate of drug-likeness (QED) is 0.282. The van der Waals surface area contributed by atoms with Gasteiger partial charge in [0.1, 0.15) is 5.82 Å². The summed E-state index contributed by atoms with van der Waals surface area (Å²) in [6.45, 7) is 0. The molecule has 0 saturated carbocycles. The van der Waals surface area contributed by atoms with Crippen LogP contribution in [0.3, 0.4) is 0 Å². The first-order chi connectivity index (χ1) is 16.0. The Morgan fingerprint density at radius 1 is 1.21 bits per heavy atom. The molecule has 4 rings (SSSR count). The number of pyridine rings is 1. The van der Waals surface area contributed by atoms with Crippen LogP contribution in [0.25, 0.3) is 16.8 Å². The third-order valence-corrected chi connectivity index (χ3v) is 5.88. The van der Waals surface area contributed by atoms with Gasteiger partial charge >= 0.3 is 0 Å². The third kappa shape index (κ3) is 5.13. The van der Waals surface area contributed by atoms with Gasteiger partial charge in [0, 0.05) is 24.1 Å². The number of rotatable bonds is 6. The van der Waals surface area contributed by atoms with Crippen molar-refractivity contribution in [3.8, 4) is 11.3 Å². The molecule has 0 aliphatic carbocycles. The summed E-state index contributed by atoms with van der Waals surface area (Å²) in [7, 11) is 0. The second-order valence-corrected chi connectivity index (χ2v) is 8.52. The van der Waals surface area contributed by atoms with Gasteiger partial charge in [-0.05, 0) is 47.2 Å². The standard InChI is InChI=1S/C24H19ClFN5OS/c25-19-10-16(6-8-20(19)26)23-21-9-7-17(12-31(21)14-29-23)18(15-4-2-1-3-5-15)11-22(32)30-24(28)33-13-27/h1-10,12-14,18,27H,11H2,(H2,28,30,32). The lowest BCUT2D eigenvalue weighted by molar-refractivity contribution is -0.117. The molecule has 0 bridgehead atoms. The van der Waals surface area contributed by atoms with E-state index in [2.05, 4.69) is 9.98 Å². The average molecular weight is 480 g/mol. The zero-order valence-corrected chi connectivity index (χ0v) is 18.9. The van der Waals surface area contributed by atoms with Crippen molar-refractivity contribution < 1.29 is 9.18 Å². The van der Waals surface area contributed by atoms with Crippen LogP contribution >= 0.6 is 23.4 Å². The Balaban J connectivity index is 1.71. The topological polar surface area (TPSA) is 96.6 Å². The molecule has 2 aromatic heterocycles. The van der Waals surface area contributed by atoms with Crippen molar-refractivity contribution >= 4 is 45.5 Å². The molecule has 2 aromatic carbocycles. The molecule has 33 heavy (non-hydrogen) atoms. The van der Waals surface area contributed by atoms with Gasteiger partial charge in [-0.15, -0.1) is 0 Å². The first kappa shape index (κ1) is 22.7. The van der Waals surface area contributed by atoms with E-state index in [4.69, 9.17) is 22.7 Å². The summed E-state index contributed by atoms with van der Waals surface area (Å²) >= 11 is 6.83. The number of hydrogen-bond donors (Lipinski definition) is 2. The number of carbonyl (C=O) groups is 1. The van der Waals surface area contributed by atoms with E-state index < -0.39 is 5.82 Å². The number of fused-ring (bicyclic) bond motifs is 1. The third-order valence-electron chi connectivity index (χ3n) is 5.14. The fourth-order valence-corrected chi connectivity index (χ4v) is 4.09. The summed E-state index contributed by atoms with van der Waals surface area (Å²) in [5.41, 5.74) is 10.8. The summed E-state index contributed by atoms with van der Waals surface area (Å²) < 4.78 is 15.4. The maximum Gasteiger partial charge on any atom is 0.249 e. The molecule has 3 N–H and O–H groups in total. The smallest absolute Gasteiger partial charge is 0.249 e. The second kappa shape index (κ2) is 9.97. The van der Waals surface area contributed by atoms with E-state index in [1.807, 2.05) is 53.1 Å². The second-order valence-electron chi connectivity index (χ2n) is 7.22. The summed E-state index contributed by atoms with van der Waals surface area (Å²) in [5, 5.41) is 7.15. The summed E-state index contributed by atoms with van der Waals surface area (Å²) in [4.78, 5) is 20.9. The van der Waals surface area contributed by atoms with E-state index in [1.54, 1.807) is 18.5 Å². The van der Waals surface area contributed by atoms with Gasteiger partial charge in [-0.1, -0.05) is 48.0 Å². The van der Waals surface area contributed by atoms with Gasteiger partial charge in [-0.3, -0.25) is 4.79 Å². The fraction of sp³-hybridized carbons (Fsp3) is 0.0833. The lowest BCUT2D eigenvalue weighted by Crippen LogP contribution is -2.13. The van der Waals surface area contributed by atoms with Crippen molar-refractivity contribution in [2.24, 2.45) is 10.7 Å². The molecule has 6 nitrogen and oxygen atoms in total. The number of carbonyl (C=O) groups excluding carboxylic acids is 1. The number of halogens is 2. The number of amides is 1. The van der Waals surface area contributed by atoms with E-state index in [1.165, 1.54) is 6.07 Å². The predicted octanol–water partition coefficient (Wildman–Crippen LogP) is 5.50. The Labute approximate surface area is 198 Å². The Bertz CT molecular complexity index is 1360. The highest BCUT2D eigenvalue weighted by Crippen LogP contribution is 2.32. The zero-order chi connectivity index (χ0) is 23.4. The van der Waals surface area contributed by atoms with E-state index in [0.29, 0.717) is 11.3 Å². The van der Waals surface area contributed by atoms with E-state index >= 15 is 0 Å². The van der Waals surface area contributed by atoms with Gasteiger partial charge in [0.05, 0.1) is 28.1 Å². The number of amidine groups is 1. The van der Waals surface area contributed by atoms with Crippen LogP contribution in [0.1, 0.15) is 23.5 Å². The molecule has 4 aromatic rings. The van der Waals surface area contributed by atoms with Crippen LogP contribution in [0.15, 0.2) is 78.2 Å². The van der Waals surface area contributed by atoms with Crippen LogP contribution in [0.4, 0.5) is 4.39 Å². The van der Waals surface area contributed by atoms with Crippen molar-refractivity contribution in [3.63, 3.8) is 0 Å². The monoisotopic (exact) mass is 479 g/mol. The zero-order valence-electron chi connectivity index (χ0n) is 17.3. The minimum atomic E-state index is -0.483. The molecule has 0 radical (unpaired) electrons. The lowest BCUT2D eigenvalue weighted by Gasteiger charge is -2.17. The molecule has 0 aliphatic heterocycles. The molecule has 1 unspecified atom stereocenters. The lowest BCUT2D eigenvalue weighted by atomic mass is 9.89. The largest absolute Gasteiger partial charge is 0.378 e. The molecule has 9 heteroatoms. The number of aliphatic imine (C=N–C) groups is 1. The number of nitrogens with one attached hydrogen (secondary N) is 1. The van der Waals surface area contributed by atoms with Crippen molar-refractivity contribution in [2.75, 3.05) is 0 Å². The summed E-state index contributed by atoms with van der Waals surface area (Å²) in [6.07, 6.45) is 3.71. The van der Waals surface area contributed by atoms with Crippen LogP contribution in [-0.2, 0) is 4.79 Å². The van der Waals surface area contributed by atoms with Gasteiger partial charge in [-0.25, -0.2) is 9.37 Å². The Hall–Kier alpha value is -3.49. The molecular formula is C24H19ClFN5OS. The number of imidazole rings is 1. The van der Waals surface area contributed by atoms with Crippen LogP contribution in [0.2, 0.25) is 5.02 Å². The SMILES string of the molecule is N=CSC(N)=NC(=O)CC(c1ccccc1)c1ccc2c(-c3ccc(F)c(Cl)c3)ncn2c1. The molecule has 0 spiro atoms. The number of aromatic nitrogens is 2. The number of nitrogens with two attached hydrogens (primary N) is 1. The highest BCUT2D eigenvalue weighted by atomic mass is 35.5. The summed E-state index contributed by atoms with van der Waals surface area (Å²) in [6, 6.07) is 18.0. The molecule has 166 valence electrons. The Kier molecular flexibility index (Phi) is 6.86. The molecule has 0 aliphatic rings. The van der Waals surface area contributed by atoms with Gasteiger partial charge in [-0.2, -0.15) is 4.99 Å². The normalized spacial score (nSPS) is 12.6. The molecular weight excluding hydrogens is 461 g/mol. The molecule has 1 atom stereocenters. The number of thioether (sulfide) groups is 1. The fourth-order valence-electron chi connectivity index (χ4n) is 3.63. The Morgan fingerprint density at radius 2 is 2.00 bits per heavy atom. The van der Waals surface area contributed by atoms with Crippen molar-refractivity contribution in [1.29, 1.82) is 5.41 Å². The van der Waals surface area contributed by atoms with Crippen LogP contribution < -0.4 is 5.73 Å². The highest BCUT2D eigenvalue weighted by Gasteiger charge is 2.20. The van der Waals surface area contributed by atoms with E-state index in [0.717, 1.165) is 34.0 Å². The predicted molar refractivity (Wildman–Crippen MR) is 132 cm³/mol. The summed E-state index contributed by atoms with van der Waals surface area (Å²) in [5.74, 6) is -1.11. The van der Waals surface area contributed by atoms with Gasteiger partial charge in [0.25, 0.3) is 0 Å². The number of nitrogens with zero attached hydrogens (tertiary/aromatic N) is 3. The van der Waals surface area contributed by atoms with Crippen molar-refractivity contribution in [1.82, 2.24) is 9.38 Å².